The molecule has 0 saturated heterocycles. The molecule has 0 aliphatic rings. The summed E-state index contributed by atoms with van der Waals surface area (Å²) in [5.74, 6) is -0.696. The summed E-state index contributed by atoms with van der Waals surface area (Å²) in [6, 6.07) is 12.5. The van der Waals surface area contributed by atoms with Gasteiger partial charge in [0.1, 0.15) is 12.4 Å². The van der Waals surface area contributed by atoms with E-state index < -0.39 is 15.9 Å². The first-order valence-electron chi connectivity index (χ1n) is 8.00. The Balaban J connectivity index is 1.88. The minimum Gasteiger partial charge on any atom is -0.355 e. The van der Waals surface area contributed by atoms with Crippen LogP contribution in [0.25, 0.3) is 0 Å². The topological polar surface area (TPSA) is 66.5 Å². The molecule has 0 heterocycles. The largest absolute Gasteiger partial charge is 0.355 e. The van der Waals surface area contributed by atoms with Crippen LogP contribution in [-0.2, 0) is 21.2 Å². The summed E-state index contributed by atoms with van der Waals surface area (Å²) in [4.78, 5) is 12.1. The maximum absolute atomic E-state index is 12.8. The SMILES string of the molecule is CS(=O)(=O)N(CC(=O)NCCCc1ccc(F)cc1)c1cccc(Cl)c1. The molecule has 0 radical (unpaired) electrons. The Labute approximate surface area is 157 Å². The van der Waals surface area contributed by atoms with E-state index in [-0.39, 0.29) is 12.4 Å². The predicted octanol–water partition coefficient (Wildman–Crippen LogP) is 2.99. The van der Waals surface area contributed by atoms with Crippen molar-refractivity contribution in [2.24, 2.45) is 0 Å². The molecule has 0 aromatic heterocycles. The number of halogens is 2. The van der Waals surface area contributed by atoms with Gasteiger partial charge in [0.2, 0.25) is 15.9 Å². The van der Waals surface area contributed by atoms with Crippen LogP contribution in [0.5, 0.6) is 0 Å². The van der Waals surface area contributed by atoms with E-state index in [0.717, 1.165) is 16.1 Å². The molecule has 2 aromatic rings. The van der Waals surface area contributed by atoms with Crippen molar-refractivity contribution in [1.29, 1.82) is 0 Å². The van der Waals surface area contributed by atoms with E-state index in [2.05, 4.69) is 5.32 Å². The zero-order valence-electron chi connectivity index (χ0n) is 14.3. The van der Waals surface area contributed by atoms with Gasteiger partial charge in [-0.2, -0.15) is 0 Å². The molecule has 2 aromatic carbocycles. The Morgan fingerprint density at radius 1 is 1.19 bits per heavy atom. The average Bonchev–Trinajstić information content (AvgIpc) is 2.57. The van der Waals surface area contributed by atoms with E-state index in [4.69, 9.17) is 11.6 Å². The number of nitrogens with zero attached hydrogens (tertiary/aromatic N) is 1. The fraction of sp³-hybridized carbons (Fsp3) is 0.278. The quantitative estimate of drug-likeness (QED) is 0.695. The van der Waals surface area contributed by atoms with Crippen LogP contribution in [0.4, 0.5) is 10.1 Å². The van der Waals surface area contributed by atoms with Crippen LogP contribution >= 0.6 is 11.6 Å². The van der Waals surface area contributed by atoms with Crippen LogP contribution in [0.1, 0.15) is 12.0 Å². The lowest BCUT2D eigenvalue weighted by molar-refractivity contribution is -0.119. The molecule has 8 heteroatoms. The van der Waals surface area contributed by atoms with Crippen LogP contribution in [0, 0.1) is 5.82 Å². The Morgan fingerprint density at radius 2 is 1.88 bits per heavy atom. The van der Waals surface area contributed by atoms with Crippen molar-refractivity contribution in [1.82, 2.24) is 5.32 Å². The number of carbonyl (C=O) groups is 1. The predicted molar refractivity (Wildman–Crippen MR) is 101 cm³/mol. The highest BCUT2D eigenvalue weighted by Gasteiger charge is 2.20. The van der Waals surface area contributed by atoms with Crippen molar-refractivity contribution < 1.29 is 17.6 Å². The van der Waals surface area contributed by atoms with Crippen LogP contribution in [0.15, 0.2) is 48.5 Å². The van der Waals surface area contributed by atoms with E-state index >= 15 is 0 Å². The zero-order chi connectivity index (χ0) is 19.2. The second kappa shape index (κ2) is 9.00. The molecule has 1 amide bonds. The van der Waals surface area contributed by atoms with E-state index in [1.807, 2.05) is 0 Å². The molecule has 140 valence electrons. The van der Waals surface area contributed by atoms with Gasteiger partial charge < -0.3 is 5.32 Å². The van der Waals surface area contributed by atoms with Gasteiger partial charge >= 0.3 is 0 Å². The smallest absolute Gasteiger partial charge is 0.240 e. The summed E-state index contributed by atoms with van der Waals surface area (Å²) in [6.45, 7) is 0.0685. The van der Waals surface area contributed by atoms with Crippen molar-refractivity contribution in [2.45, 2.75) is 12.8 Å². The second-order valence-corrected chi connectivity index (χ2v) is 8.17. The lowest BCUT2D eigenvalue weighted by Gasteiger charge is -2.22. The van der Waals surface area contributed by atoms with Crippen molar-refractivity contribution in [3.05, 3.63) is 64.9 Å². The third-order valence-corrected chi connectivity index (χ3v) is 5.04. The molecule has 0 saturated carbocycles. The Hall–Kier alpha value is -2.12. The van der Waals surface area contributed by atoms with E-state index in [1.165, 1.54) is 18.2 Å². The van der Waals surface area contributed by atoms with Crippen molar-refractivity contribution in [3.8, 4) is 0 Å². The van der Waals surface area contributed by atoms with Gasteiger partial charge in [-0.05, 0) is 48.7 Å². The highest BCUT2D eigenvalue weighted by atomic mass is 35.5. The van der Waals surface area contributed by atoms with E-state index in [9.17, 15) is 17.6 Å². The first-order chi connectivity index (χ1) is 12.3. The van der Waals surface area contributed by atoms with Gasteiger partial charge in [-0.15, -0.1) is 0 Å². The summed E-state index contributed by atoms with van der Waals surface area (Å²) < 4.78 is 37.8. The molecule has 2 rings (SSSR count). The number of sulfonamides is 1. The second-order valence-electron chi connectivity index (χ2n) is 5.83. The molecule has 0 fully saturated rings. The number of nitrogens with one attached hydrogen (secondary N) is 1. The summed E-state index contributed by atoms with van der Waals surface area (Å²) in [5.41, 5.74) is 1.30. The monoisotopic (exact) mass is 398 g/mol. The van der Waals surface area contributed by atoms with Crippen LogP contribution in [0.2, 0.25) is 5.02 Å². The molecule has 0 aliphatic carbocycles. The Bertz CT molecular complexity index is 857. The van der Waals surface area contributed by atoms with E-state index in [0.29, 0.717) is 30.1 Å². The lowest BCUT2D eigenvalue weighted by atomic mass is 10.1. The number of aryl methyl sites for hydroxylation is 1. The molecule has 0 unspecified atom stereocenters. The number of amides is 1. The number of benzene rings is 2. The highest BCUT2D eigenvalue weighted by molar-refractivity contribution is 7.92. The molecule has 1 N–H and O–H groups in total. The zero-order valence-corrected chi connectivity index (χ0v) is 15.9. The summed E-state index contributed by atoms with van der Waals surface area (Å²) >= 11 is 5.90. The molecule has 0 spiro atoms. The molecule has 0 atom stereocenters. The van der Waals surface area contributed by atoms with Gasteiger partial charge in [0, 0.05) is 11.6 Å². The van der Waals surface area contributed by atoms with Gasteiger partial charge in [-0.1, -0.05) is 29.8 Å². The average molecular weight is 399 g/mol. The maximum atomic E-state index is 12.8. The molecular formula is C18H20ClFN2O3S. The third-order valence-electron chi connectivity index (χ3n) is 3.66. The molecule has 5 nitrogen and oxygen atoms in total. The number of rotatable bonds is 8. The first kappa shape index (κ1) is 20.2. The standard InChI is InChI=1S/C18H20ClFN2O3S/c1-26(24,25)22(17-6-2-5-15(19)12-17)13-18(23)21-11-3-4-14-7-9-16(20)10-8-14/h2,5-10,12H,3-4,11,13H2,1H3,(H,21,23). The number of carbonyl (C=O) groups excluding carboxylic acids is 1. The summed E-state index contributed by atoms with van der Waals surface area (Å²) in [7, 11) is -3.63. The minimum absolute atomic E-state index is 0.288. The van der Waals surface area contributed by atoms with Gasteiger partial charge in [-0.3, -0.25) is 9.10 Å². The fourth-order valence-corrected chi connectivity index (χ4v) is 3.42. The van der Waals surface area contributed by atoms with Gasteiger partial charge in [0.25, 0.3) is 0 Å². The molecule has 0 aliphatic heterocycles. The first-order valence-corrected chi connectivity index (χ1v) is 10.2. The van der Waals surface area contributed by atoms with Crippen LogP contribution in [-0.4, -0.2) is 33.7 Å². The van der Waals surface area contributed by atoms with Crippen molar-refractivity contribution >= 4 is 33.2 Å². The van der Waals surface area contributed by atoms with E-state index in [1.54, 1.807) is 30.3 Å². The molecule has 26 heavy (non-hydrogen) atoms. The van der Waals surface area contributed by atoms with Crippen molar-refractivity contribution in [3.63, 3.8) is 0 Å². The Morgan fingerprint density at radius 3 is 2.50 bits per heavy atom. The fourth-order valence-electron chi connectivity index (χ4n) is 2.39. The minimum atomic E-state index is -3.63. The van der Waals surface area contributed by atoms with Crippen LogP contribution in [0.3, 0.4) is 0 Å². The normalized spacial score (nSPS) is 11.2. The van der Waals surface area contributed by atoms with Gasteiger partial charge in [0.05, 0.1) is 11.9 Å². The van der Waals surface area contributed by atoms with Crippen LogP contribution < -0.4 is 9.62 Å². The van der Waals surface area contributed by atoms with Crippen molar-refractivity contribution in [2.75, 3.05) is 23.7 Å². The lowest BCUT2D eigenvalue weighted by Crippen LogP contribution is -2.40. The third kappa shape index (κ3) is 6.31. The van der Waals surface area contributed by atoms with Gasteiger partial charge in [-0.25, -0.2) is 12.8 Å². The summed E-state index contributed by atoms with van der Waals surface area (Å²) in [5, 5.41) is 3.08. The summed E-state index contributed by atoms with van der Waals surface area (Å²) in [6.07, 6.45) is 2.38. The Kier molecular flexibility index (Phi) is 6.99. The molecule has 0 bridgehead atoms. The number of hydrogen-bond acceptors (Lipinski definition) is 3. The van der Waals surface area contributed by atoms with Gasteiger partial charge in [0.15, 0.2) is 0 Å². The highest BCUT2D eigenvalue weighted by Crippen LogP contribution is 2.21. The molecular weight excluding hydrogens is 379 g/mol. The number of anilines is 1. The number of hydrogen-bond donors (Lipinski definition) is 1. The maximum Gasteiger partial charge on any atom is 0.240 e.